The van der Waals surface area contributed by atoms with Gasteiger partial charge in [-0.15, -0.1) is 0 Å². The smallest absolute Gasteiger partial charge is 0.0397 e. The molecular formula is C11H14N2. The van der Waals surface area contributed by atoms with Crippen LogP contribution in [0.15, 0.2) is 36.7 Å². The summed E-state index contributed by atoms with van der Waals surface area (Å²) in [5, 5.41) is 0. The highest BCUT2D eigenvalue weighted by molar-refractivity contribution is 5.17. The minimum absolute atomic E-state index is 0.296. The van der Waals surface area contributed by atoms with Crippen LogP contribution in [0.1, 0.15) is 12.8 Å². The van der Waals surface area contributed by atoms with Gasteiger partial charge in [-0.1, -0.05) is 0 Å². The molecule has 13 heavy (non-hydrogen) atoms. The van der Waals surface area contributed by atoms with Gasteiger partial charge in [0.1, 0.15) is 0 Å². The Hall–Kier alpha value is -1.44. The van der Waals surface area contributed by atoms with E-state index >= 15 is 0 Å². The molecule has 2 rings (SSSR count). The van der Waals surface area contributed by atoms with Gasteiger partial charge in [-0.05, 0) is 24.3 Å². The number of rotatable bonds is 2. The van der Waals surface area contributed by atoms with Gasteiger partial charge in [0.15, 0.2) is 0 Å². The lowest BCUT2D eigenvalue weighted by Crippen LogP contribution is -2.00. The predicted molar refractivity (Wildman–Crippen MR) is 53.6 cm³/mol. The average Bonchev–Trinajstić information content (AvgIpc) is 2.73. The lowest BCUT2D eigenvalue weighted by atomic mass is 10.2. The molecule has 0 aliphatic heterocycles. The zero-order valence-corrected chi connectivity index (χ0v) is 7.94. The number of aromatic nitrogens is 2. The molecule has 68 valence electrons. The van der Waals surface area contributed by atoms with E-state index in [0.29, 0.717) is 0 Å². The van der Waals surface area contributed by atoms with E-state index in [1.165, 1.54) is 0 Å². The first-order valence-corrected chi connectivity index (χ1v) is 4.35. The van der Waals surface area contributed by atoms with Crippen molar-refractivity contribution in [1.82, 2.24) is 9.13 Å². The highest BCUT2D eigenvalue weighted by atomic mass is 15.0. The molecule has 0 amide bonds. The first kappa shape index (κ1) is 7.01. The van der Waals surface area contributed by atoms with Crippen molar-refractivity contribution in [3.8, 4) is 0 Å². The second kappa shape index (κ2) is 3.13. The Morgan fingerprint density at radius 2 is 1.54 bits per heavy atom. The Morgan fingerprint density at radius 1 is 1.08 bits per heavy atom. The van der Waals surface area contributed by atoms with E-state index in [-0.39, 0.29) is 6.40 Å². The Kier molecular flexibility index (Phi) is 1.69. The van der Waals surface area contributed by atoms with Crippen LogP contribution in [-0.4, -0.2) is 9.13 Å². The van der Waals surface area contributed by atoms with Crippen LogP contribution in [0.4, 0.5) is 0 Å². The topological polar surface area (TPSA) is 9.86 Å². The van der Waals surface area contributed by atoms with E-state index in [1.807, 2.05) is 59.9 Å². The number of aryl methyl sites for hydroxylation is 2. The van der Waals surface area contributed by atoms with E-state index in [9.17, 15) is 0 Å². The zero-order chi connectivity index (χ0) is 10.1. The maximum absolute atomic E-state index is 8.13. The SMILES string of the molecule is [2H]C(c1cccn1C)c1cccn1C. The van der Waals surface area contributed by atoms with Crippen molar-refractivity contribution < 1.29 is 1.37 Å². The van der Waals surface area contributed by atoms with E-state index in [0.717, 1.165) is 11.4 Å². The summed E-state index contributed by atoms with van der Waals surface area (Å²) in [6.07, 6.45) is 3.65. The van der Waals surface area contributed by atoms with Crippen molar-refractivity contribution in [3.63, 3.8) is 0 Å². The molecule has 2 aromatic rings. The van der Waals surface area contributed by atoms with Crippen LogP contribution in [0.25, 0.3) is 0 Å². The van der Waals surface area contributed by atoms with Crippen LogP contribution < -0.4 is 0 Å². The predicted octanol–water partition coefficient (Wildman–Crippen LogP) is 1.95. The molecule has 2 nitrogen and oxygen atoms in total. The number of nitrogens with zero attached hydrogens (tertiary/aromatic N) is 2. The monoisotopic (exact) mass is 175 g/mol. The van der Waals surface area contributed by atoms with Crippen LogP contribution in [0, 0.1) is 0 Å². The van der Waals surface area contributed by atoms with Crippen molar-refractivity contribution in [2.75, 3.05) is 0 Å². The van der Waals surface area contributed by atoms with Crippen molar-refractivity contribution >= 4 is 0 Å². The van der Waals surface area contributed by atoms with Gasteiger partial charge in [0.2, 0.25) is 0 Å². The first-order chi connectivity index (χ1) is 6.70. The minimum Gasteiger partial charge on any atom is -0.354 e. The van der Waals surface area contributed by atoms with Gasteiger partial charge < -0.3 is 9.13 Å². The molecular weight excluding hydrogens is 160 g/mol. The van der Waals surface area contributed by atoms with Gasteiger partial charge >= 0.3 is 0 Å². The first-order valence-electron chi connectivity index (χ1n) is 4.92. The summed E-state index contributed by atoms with van der Waals surface area (Å²) in [5.41, 5.74) is 2.04. The van der Waals surface area contributed by atoms with Gasteiger partial charge in [0.25, 0.3) is 0 Å². The lowest BCUT2D eigenvalue weighted by Gasteiger charge is -2.04. The summed E-state index contributed by atoms with van der Waals surface area (Å²) < 4.78 is 12.1. The fourth-order valence-corrected chi connectivity index (χ4v) is 1.40. The second-order valence-corrected chi connectivity index (χ2v) is 3.23. The van der Waals surface area contributed by atoms with Crippen LogP contribution in [-0.2, 0) is 20.5 Å². The molecule has 0 saturated carbocycles. The highest BCUT2D eigenvalue weighted by Crippen LogP contribution is 2.09. The summed E-state index contributed by atoms with van der Waals surface area (Å²) in [7, 11) is 3.94. The number of hydrogen-bond acceptors (Lipinski definition) is 0. The van der Waals surface area contributed by atoms with Crippen molar-refractivity contribution in [2.24, 2.45) is 14.1 Å². The third-order valence-corrected chi connectivity index (χ3v) is 2.26. The Labute approximate surface area is 79.8 Å². The van der Waals surface area contributed by atoms with Crippen LogP contribution in [0.5, 0.6) is 0 Å². The number of hydrogen-bond donors (Lipinski definition) is 0. The molecule has 0 aromatic carbocycles. The van der Waals surface area contributed by atoms with Crippen LogP contribution in [0.3, 0.4) is 0 Å². The van der Waals surface area contributed by atoms with Gasteiger partial charge in [0.05, 0.1) is 0 Å². The highest BCUT2D eigenvalue weighted by Gasteiger charge is 2.01. The van der Waals surface area contributed by atoms with Crippen LogP contribution in [0.2, 0.25) is 0 Å². The summed E-state index contributed by atoms with van der Waals surface area (Å²) in [5.74, 6) is 0. The minimum atomic E-state index is -0.296. The van der Waals surface area contributed by atoms with Gasteiger partial charge in [-0.2, -0.15) is 0 Å². The van der Waals surface area contributed by atoms with E-state index in [2.05, 4.69) is 0 Å². The molecule has 0 aliphatic rings. The summed E-state index contributed by atoms with van der Waals surface area (Å²) >= 11 is 0. The molecule has 0 bridgehead atoms. The molecule has 0 atom stereocenters. The van der Waals surface area contributed by atoms with Crippen molar-refractivity contribution in [2.45, 2.75) is 6.40 Å². The van der Waals surface area contributed by atoms with Gasteiger partial charge in [0, 0.05) is 45.6 Å². The van der Waals surface area contributed by atoms with Crippen molar-refractivity contribution in [1.29, 1.82) is 0 Å². The summed E-state index contributed by atoms with van der Waals surface area (Å²) in [6.45, 7) is 0. The lowest BCUT2D eigenvalue weighted by molar-refractivity contribution is 0.796. The van der Waals surface area contributed by atoms with Gasteiger partial charge in [-0.25, -0.2) is 0 Å². The maximum atomic E-state index is 8.13. The second-order valence-electron chi connectivity index (χ2n) is 3.23. The van der Waals surface area contributed by atoms with Crippen LogP contribution >= 0.6 is 0 Å². The molecule has 0 aliphatic carbocycles. The zero-order valence-electron chi connectivity index (χ0n) is 8.94. The Bertz CT molecular complexity index is 388. The fraction of sp³-hybridized carbons (Fsp3) is 0.273. The standard InChI is InChI=1S/C11H14N2/c1-12-7-3-5-10(12)9-11-6-4-8-13(11)2/h3-8H,9H2,1-2H3/i9D. The molecule has 0 fully saturated rings. The average molecular weight is 175 g/mol. The summed E-state index contributed by atoms with van der Waals surface area (Å²) in [6, 6.07) is 7.93. The van der Waals surface area contributed by atoms with E-state index in [1.54, 1.807) is 0 Å². The van der Waals surface area contributed by atoms with E-state index in [4.69, 9.17) is 1.37 Å². The normalized spacial score (nSPS) is 12.1. The van der Waals surface area contributed by atoms with Gasteiger partial charge in [-0.3, -0.25) is 0 Å². The molecule has 2 heterocycles. The maximum Gasteiger partial charge on any atom is 0.0397 e. The van der Waals surface area contributed by atoms with Crippen molar-refractivity contribution in [3.05, 3.63) is 48.0 Å². The quantitative estimate of drug-likeness (QED) is 0.660. The molecule has 0 radical (unpaired) electrons. The Morgan fingerprint density at radius 3 is 1.85 bits per heavy atom. The molecule has 0 unspecified atom stereocenters. The molecule has 0 spiro atoms. The Balaban J connectivity index is 2.38. The molecule has 2 aromatic heterocycles. The molecule has 0 saturated heterocycles. The third kappa shape index (κ3) is 1.52. The summed E-state index contributed by atoms with van der Waals surface area (Å²) in [4.78, 5) is 0. The third-order valence-electron chi connectivity index (χ3n) is 2.26. The molecule has 0 N–H and O–H groups in total. The van der Waals surface area contributed by atoms with E-state index < -0.39 is 0 Å². The largest absolute Gasteiger partial charge is 0.354 e. The molecule has 2 heteroatoms. The fourth-order valence-electron chi connectivity index (χ4n) is 1.40.